The summed E-state index contributed by atoms with van der Waals surface area (Å²) in [6, 6.07) is 0. The topological polar surface area (TPSA) is 26.0 Å². The quantitative estimate of drug-likeness (QED) is 0.696. The third-order valence-electron chi connectivity index (χ3n) is 2.51. The summed E-state index contributed by atoms with van der Waals surface area (Å²) in [4.78, 5) is 0. The normalized spacial score (nSPS) is 23.0. The van der Waals surface area contributed by atoms with Crippen LogP contribution in [0.15, 0.2) is 0 Å². The average molecular weight is 181 g/mol. The van der Waals surface area contributed by atoms with E-state index in [1.54, 1.807) is 0 Å². The van der Waals surface area contributed by atoms with Crippen molar-refractivity contribution in [3.8, 4) is 0 Å². The van der Waals surface area contributed by atoms with Crippen LogP contribution in [0.2, 0.25) is 0 Å². The van der Waals surface area contributed by atoms with E-state index < -0.39 is 18.1 Å². The minimum atomic E-state index is -4.05. The van der Waals surface area contributed by atoms with E-state index in [0.717, 1.165) is 25.7 Å². The maximum atomic E-state index is 11.8. The van der Waals surface area contributed by atoms with Gasteiger partial charge in [-0.05, 0) is 19.3 Å². The largest absolute Gasteiger partial charge is 0.389 e. The second-order valence-corrected chi connectivity index (χ2v) is 3.68. The molecule has 0 heterocycles. The van der Waals surface area contributed by atoms with Crippen LogP contribution in [0.4, 0.5) is 13.2 Å². The zero-order valence-electron chi connectivity index (χ0n) is 6.95. The monoisotopic (exact) mass is 181 g/mol. The molecule has 0 atom stereocenters. The highest BCUT2D eigenvalue weighted by Crippen LogP contribution is 2.34. The Hall–Kier alpha value is -0.250. The highest BCUT2D eigenvalue weighted by atomic mass is 19.4. The molecule has 1 rings (SSSR count). The fourth-order valence-corrected chi connectivity index (χ4v) is 1.72. The summed E-state index contributed by atoms with van der Waals surface area (Å²) in [6.45, 7) is 0. The van der Waals surface area contributed by atoms with E-state index in [9.17, 15) is 13.2 Å². The molecule has 12 heavy (non-hydrogen) atoms. The molecule has 1 aliphatic carbocycles. The van der Waals surface area contributed by atoms with Gasteiger partial charge in [0.15, 0.2) is 0 Å². The van der Waals surface area contributed by atoms with Crippen LogP contribution in [-0.4, -0.2) is 11.7 Å². The van der Waals surface area contributed by atoms with Gasteiger partial charge in [-0.1, -0.05) is 12.8 Å². The zero-order chi connectivity index (χ0) is 9.24. The van der Waals surface area contributed by atoms with Gasteiger partial charge in [-0.2, -0.15) is 13.2 Å². The van der Waals surface area contributed by atoms with Crippen LogP contribution in [0.25, 0.3) is 0 Å². The molecule has 2 N–H and O–H groups in total. The van der Waals surface area contributed by atoms with Gasteiger partial charge in [-0.15, -0.1) is 0 Å². The molecule has 0 amide bonds. The van der Waals surface area contributed by atoms with E-state index in [4.69, 9.17) is 5.73 Å². The first-order valence-corrected chi connectivity index (χ1v) is 4.27. The smallest absolute Gasteiger partial charge is 0.325 e. The van der Waals surface area contributed by atoms with Crippen LogP contribution in [0.5, 0.6) is 0 Å². The number of rotatable bonds is 2. The first-order chi connectivity index (χ1) is 5.41. The van der Waals surface area contributed by atoms with Crippen molar-refractivity contribution in [1.82, 2.24) is 0 Å². The van der Waals surface area contributed by atoms with Gasteiger partial charge in [0.1, 0.15) is 0 Å². The summed E-state index contributed by atoms with van der Waals surface area (Å²) >= 11 is 0. The molecule has 4 heteroatoms. The molecule has 0 saturated heterocycles. The molecular weight excluding hydrogens is 167 g/mol. The van der Waals surface area contributed by atoms with Gasteiger partial charge in [-0.3, -0.25) is 0 Å². The van der Waals surface area contributed by atoms with Gasteiger partial charge in [0.05, 0.1) is 0 Å². The van der Waals surface area contributed by atoms with Gasteiger partial charge in [0.25, 0.3) is 0 Å². The number of hydrogen-bond donors (Lipinski definition) is 1. The summed E-state index contributed by atoms with van der Waals surface area (Å²) in [6.07, 6.45) is -1.22. The zero-order valence-corrected chi connectivity index (χ0v) is 6.95. The van der Waals surface area contributed by atoms with Gasteiger partial charge < -0.3 is 5.73 Å². The van der Waals surface area contributed by atoms with Gasteiger partial charge in [0, 0.05) is 12.0 Å². The van der Waals surface area contributed by atoms with E-state index in [1.807, 2.05) is 0 Å². The fourth-order valence-electron chi connectivity index (χ4n) is 1.72. The second kappa shape index (κ2) is 3.24. The number of alkyl halides is 3. The Morgan fingerprint density at radius 2 is 1.67 bits per heavy atom. The summed E-state index contributed by atoms with van der Waals surface area (Å²) in [5.41, 5.74) is 5.25. The summed E-state index contributed by atoms with van der Waals surface area (Å²) in [7, 11) is 0. The molecule has 1 nitrogen and oxygen atoms in total. The minimum Gasteiger partial charge on any atom is -0.325 e. The Kier molecular flexibility index (Phi) is 2.66. The molecule has 0 bridgehead atoms. The highest BCUT2D eigenvalue weighted by Gasteiger charge is 2.35. The Morgan fingerprint density at radius 1 is 1.17 bits per heavy atom. The van der Waals surface area contributed by atoms with Crippen molar-refractivity contribution in [2.24, 2.45) is 5.73 Å². The standard InChI is InChI=1S/C8H14F3N/c9-8(10,11)6-5-7(12)3-1-2-4-7/h1-6,12H2. The van der Waals surface area contributed by atoms with Crippen molar-refractivity contribution < 1.29 is 13.2 Å². The fraction of sp³-hybridized carbons (Fsp3) is 1.00. The number of nitrogens with two attached hydrogens (primary N) is 1. The molecule has 1 saturated carbocycles. The summed E-state index contributed by atoms with van der Waals surface area (Å²) in [5.74, 6) is 0. The molecule has 0 aromatic heterocycles. The lowest BCUT2D eigenvalue weighted by molar-refractivity contribution is -0.138. The number of hydrogen-bond acceptors (Lipinski definition) is 1. The van der Waals surface area contributed by atoms with Gasteiger partial charge in [-0.25, -0.2) is 0 Å². The van der Waals surface area contributed by atoms with E-state index in [1.165, 1.54) is 0 Å². The predicted molar refractivity (Wildman–Crippen MR) is 40.7 cm³/mol. The maximum Gasteiger partial charge on any atom is 0.389 e. The lowest BCUT2D eigenvalue weighted by Gasteiger charge is -2.23. The summed E-state index contributed by atoms with van der Waals surface area (Å²) in [5, 5.41) is 0. The van der Waals surface area contributed by atoms with E-state index >= 15 is 0 Å². The molecule has 1 fully saturated rings. The van der Waals surface area contributed by atoms with Gasteiger partial charge in [0.2, 0.25) is 0 Å². The van der Waals surface area contributed by atoms with Crippen LogP contribution < -0.4 is 5.73 Å². The van der Waals surface area contributed by atoms with Gasteiger partial charge >= 0.3 is 6.18 Å². The SMILES string of the molecule is NC1(CCC(F)(F)F)CCCC1. The Balaban J connectivity index is 2.30. The highest BCUT2D eigenvalue weighted by molar-refractivity contribution is 4.89. The Labute approximate surface area is 70.1 Å². The Bertz CT molecular complexity index is 147. The average Bonchev–Trinajstić information content (AvgIpc) is 2.32. The molecule has 1 aliphatic rings. The lowest BCUT2D eigenvalue weighted by Crippen LogP contribution is -2.37. The van der Waals surface area contributed by atoms with Crippen molar-refractivity contribution in [3.63, 3.8) is 0 Å². The molecule has 0 aromatic rings. The van der Waals surface area contributed by atoms with Crippen LogP contribution in [0.3, 0.4) is 0 Å². The van der Waals surface area contributed by atoms with E-state index in [2.05, 4.69) is 0 Å². The predicted octanol–water partition coefficient (Wildman–Crippen LogP) is 2.60. The van der Waals surface area contributed by atoms with Crippen LogP contribution >= 0.6 is 0 Å². The van der Waals surface area contributed by atoms with Crippen LogP contribution in [0.1, 0.15) is 38.5 Å². The van der Waals surface area contributed by atoms with Crippen molar-refractivity contribution in [3.05, 3.63) is 0 Å². The molecule has 72 valence electrons. The Morgan fingerprint density at radius 3 is 2.08 bits per heavy atom. The summed E-state index contributed by atoms with van der Waals surface area (Å²) < 4.78 is 35.5. The van der Waals surface area contributed by atoms with Crippen molar-refractivity contribution in [1.29, 1.82) is 0 Å². The van der Waals surface area contributed by atoms with Crippen molar-refractivity contribution in [2.45, 2.75) is 50.2 Å². The molecular formula is C8H14F3N. The van der Waals surface area contributed by atoms with E-state index in [0.29, 0.717) is 0 Å². The molecule has 0 aliphatic heterocycles. The van der Waals surface area contributed by atoms with Crippen molar-refractivity contribution in [2.75, 3.05) is 0 Å². The number of halogens is 3. The second-order valence-electron chi connectivity index (χ2n) is 3.68. The third kappa shape index (κ3) is 3.01. The third-order valence-corrected chi connectivity index (χ3v) is 2.51. The first kappa shape index (κ1) is 9.84. The van der Waals surface area contributed by atoms with E-state index in [-0.39, 0.29) is 6.42 Å². The van der Waals surface area contributed by atoms with Crippen LogP contribution in [-0.2, 0) is 0 Å². The first-order valence-electron chi connectivity index (χ1n) is 4.27. The van der Waals surface area contributed by atoms with Crippen molar-refractivity contribution >= 4 is 0 Å². The molecule has 0 spiro atoms. The molecule has 0 aromatic carbocycles. The minimum absolute atomic E-state index is 0.0938. The molecule has 0 unspecified atom stereocenters. The van der Waals surface area contributed by atoms with Crippen LogP contribution in [0, 0.1) is 0 Å². The molecule has 0 radical (unpaired) electrons. The lowest BCUT2D eigenvalue weighted by atomic mass is 9.93. The maximum absolute atomic E-state index is 11.8.